The molecule has 0 atom stereocenters. The van der Waals surface area contributed by atoms with Gasteiger partial charge in [-0.05, 0) is 57.8 Å². The molecule has 0 aliphatic heterocycles. The van der Waals surface area contributed by atoms with Crippen molar-refractivity contribution in [3.05, 3.63) is 10.6 Å². The van der Waals surface area contributed by atoms with E-state index in [2.05, 4.69) is 15.0 Å². The van der Waals surface area contributed by atoms with Gasteiger partial charge in [-0.2, -0.15) is 15.0 Å². The monoisotopic (exact) mass is 307 g/mol. The molecule has 8 heteroatoms. The fourth-order valence-electron chi connectivity index (χ4n) is 1.03. The van der Waals surface area contributed by atoms with E-state index in [-0.39, 0.29) is 16.6 Å². The first-order chi connectivity index (χ1) is 8.49. The van der Waals surface area contributed by atoms with Crippen molar-refractivity contribution in [2.24, 2.45) is 0 Å². The maximum atomic E-state index is 12.0. The summed E-state index contributed by atoms with van der Waals surface area (Å²) >= 11 is 11.2. The van der Waals surface area contributed by atoms with Gasteiger partial charge in [0.2, 0.25) is 16.2 Å². The second-order valence-corrected chi connectivity index (χ2v) is 5.95. The van der Waals surface area contributed by atoms with Crippen LogP contribution in [0.5, 0.6) is 6.01 Å². The van der Waals surface area contributed by atoms with Crippen LogP contribution in [0.3, 0.4) is 0 Å². The highest BCUT2D eigenvalue weighted by atomic mass is 35.5. The van der Waals surface area contributed by atoms with Crippen LogP contribution in [-0.2, 0) is 9.53 Å². The number of nitrogens with zero attached hydrogens (tertiary/aromatic N) is 3. The molecule has 6 nitrogen and oxygen atoms in total. The molecule has 0 aliphatic carbocycles. The lowest BCUT2D eigenvalue weighted by Crippen LogP contribution is -2.43. The summed E-state index contributed by atoms with van der Waals surface area (Å²) in [5, 5.41) is -0.232. The van der Waals surface area contributed by atoms with Crippen molar-refractivity contribution in [1.29, 1.82) is 0 Å². The van der Waals surface area contributed by atoms with E-state index >= 15 is 0 Å². The molecule has 0 aliphatic rings. The number of esters is 1. The Labute approximate surface area is 121 Å². The van der Waals surface area contributed by atoms with E-state index in [1.165, 1.54) is 13.8 Å². The number of rotatable bonds is 3. The lowest BCUT2D eigenvalue weighted by atomic mass is 10.1. The van der Waals surface area contributed by atoms with Gasteiger partial charge >= 0.3 is 12.0 Å². The van der Waals surface area contributed by atoms with Gasteiger partial charge in [-0.25, -0.2) is 4.79 Å². The summed E-state index contributed by atoms with van der Waals surface area (Å²) in [5.74, 6) is -0.548. The summed E-state index contributed by atoms with van der Waals surface area (Å²) in [6.07, 6.45) is 0. The molecular formula is C11H15Cl2N3O3. The Morgan fingerprint density at radius 3 is 1.89 bits per heavy atom. The van der Waals surface area contributed by atoms with E-state index in [1.807, 2.05) is 0 Å². The minimum absolute atomic E-state index is 0.116. The second kappa shape index (κ2) is 5.46. The van der Waals surface area contributed by atoms with Crippen LogP contribution in [0.2, 0.25) is 10.6 Å². The van der Waals surface area contributed by atoms with Gasteiger partial charge < -0.3 is 9.47 Å². The third kappa shape index (κ3) is 5.16. The van der Waals surface area contributed by atoms with Gasteiger partial charge in [-0.1, -0.05) is 0 Å². The summed E-state index contributed by atoms with van der Waals surface area (Å²) < 4.78 is 10.6. The summed E-state index contributed by atoms with van der Waals surface area (Å²) in [6.45, 7) is 8.35. The third-order valence-corrected chi connectivity index (χ3v) is 2.14. The van der Waals surface area contributed by atoms with Gasteiger partial charge in [-0.15, -0.1) is 0 Å². The Morgan fingerprint density at radius 2 is 1.47 bits per heavy atom. The molecule has 0 spiro atoms. The third-order valence-electron chi connectivity index (χ3n) is 1.80. The molecular weight excluding hydrogens is 293 g/mol. The SMILES string of the molecule is CC(C)(C)OC(=O)C(C)(C)Oc1nc(Cl)nc(Cl)n1. The van der Waals surface area contributed by atoms with Crippen molar-refractivity contribution < 1.29 is 14.3 Å². The topological polar surface area (TPSA) is 74.2 Å². The predicted molar refractivity (Wildman–Crippen MR) is 70.4 cm³/mol. The number of ether oxygens (including phenoxy) is 2. The number of halogens is 2. The average Bonchev–Trinajstić information content (AvgIpc) is 2.11. The Bertz CT molecular complexity index is 466. The average molecular weight is 308 g/mol. The highest BCUT2D eigenvalue weighted by Crippen LogP contribution is 2.20. The van der Waals surface area contributed by atoms with Crippen LogP contribution < -0.4 is 4.74 Å². The van der Waals surface area contributed by atoms with Gasteiger partial charge in [0.1, 0.15) is 5.60 Å². The molecule has 0 unspecified atom stereocenters. The Morgan fingerprint density at radius 1 is 1.00 bits per heavy atom. The van der Waals surface area contributed by atoms with Gasteiger partial charge in [0.05, 0.1) is 0 Å². The van der Waals surface area contributed by atoms with E-state index in [4.69, 9.17) is 32.7 Å². The van der Waals surface area contributed by atoms with Crippen molar-refractivity contribution in [2.45, 2.75) is 45.8 Å². The fraction of sp³-hybridized carbons (Fsp3) is 0.636. The minimum Gasteiger partial charge on any atom is -0.457 e. The van der Waals surface area contributed by atoms with Crippen molar-refractivity contribution in [2.75, 3.05) is 0 Å². The summed E-state index contributed by atoms with van der Waals surface area (Å²) in [5.41, 5.74) is -1.90. The van der Waals surface area contributed by atoms with Crippen LogP contribution in [0.4, 0.5) is 0 Å². The molecule has 0 amide bonds. The highest BCUT2D eigenvalue weighted by Gasteiger charge is 2.35. The van der Waals surface area contributed by atoms with Crippen LogP contribution >= 0.6 is 23.2 Å². The van der Waals surface area contributed by atoms with E-state index in [1.54, 1.807) is 20.8 Å². The molecule has 0 bridgehead atoms. The first kappa shape index (κ1) is 15.9. The van der Waals surface area contributed by atoms with Crippen LogP contribution in [0.25, 0.3) is 0 Å². The largest absolute Gasteiger partial charge is 0.457 e. The first-order valence-electron chi connectivity index (χ1n) is 5.49. The normalized spacial score (nSPS) is 12.2. The molecule has 0 saturated carbocycles. The molecule has 106 valence electrons. The van der Waals surface area contributed by atoms with E-state index in [9.17, 15) is 4.79 Å². The lowest BCUT2D eigenvalue weighted by molar-refractivity contribution is -0.171. The first-order valence-corrected chi connectivity index (χ1v) is 6.25. The van der Waals surface area contributed by atoms with Crippen LogP contribution in [0.15, 0.2) is 0 Å². The van der Waals surface area contributed by atoms with Crippen molar-refractivity contribution in [3.63, 3.8) is 0 Å². The van der Waals surface area contributed by atoms with Gasteiger partial charge in [0, 0.05) is 0 Å². The molecule has 19 heavy (non-hydrogen) atoms. The van der Waals surface area contributed by atoms with Gasteiger partial charge in [0.25, 0.3) is 0 Å². The summed E-state index contributed by atoms with van der Waals surface area (Å²) in [4.78, 5) is 23.0. The maximum Gasteiger partial charge on any atom is 0.350 e. The van der Waals surface area contributed by atoms with Crippen LogP contribution in [-0.4, -0.2) is 32.1 Å². The number of carbonyl (C=O) groups excluding carboxylic acids is 1. The summed E-state index contributed by atoms with van der Waals surface area (Å²) in [6, 6.07) is -0.138. The zero-order valence-electron chi connectivity index (χ0n) is 11.3. The van der Waals surface area contributed by atoms with E-state index < -0.39 is 17.2 Å². The molecule has 1 heterocycles. The van der Waals surface area contributed by atoms with Crippen molar-refractivity contribution in [1.82, 2.24) is 15.0 Å². The zero-order valence-corrected chi connectivity index (χ0v) is 12.8. The molecule has 0 fully saturated rings. The summed E-state index contributed by atoms with van der Waals surface area (Å²) in [7, 11) is 0. The lowest BCUT2D eigenvalue weighted by Gasteiger charge is -2.28. The zero-order chi connectivity index (χ0) is 14.8. The molecule has 0 aromatic carbocycles. The van der Waals surface area contributed by atoms with E-state index in [0.717, 1.165) is 0 Å². The molecule has 0 N–H and O–H groups in total. The fourth-order valence-corrected chi connectivity index (χ4v) is 1.37. The predicted octanol–water partition coefficient (Wildman–Crippen LogP) is 2.68. The van der Waals surface area contributed by atoms with Crippen molar-refractivity contribution in [3.8, 4) is 6.01 Å². The standard InChI is InChI=1S/C11H15Cl2N3O3/c1-10(2,3)18-6(17)11(4,5)19-9-15-7(12)14-8(13)16-9/h1-5H3. The van der Waals surface area contributed by atoms with Crippen molar-refractivity contribution >= 4 is 29.2 Å². The molecule has 0 radical (unpaired) electrons. The second-order valence-electron chi connectivity index (χ2n) is 5.27. The number of hydrogen-bond acceptors (Lipinski definition) is 6. The van der Waals surface area contributed by atoms with Gasteiger partial charge in [-0.3, -0.25) is 0 Å². The highest BCUT2D eigenvalue weighted by molar-refractivity contribution is 6.31. The maximum absolute atomic E-state index is 12.0. The van der Waals surface area contributed by atoms with Crippen LogP contribution in [0, 0.1) is 0 Å². The molecule has 1 aromatic rings. The minimum atomic E-state index is -1.28. The quantitative estimate of drug-likeness (QED) is 0.799. The smallest absolute Gasteiger partial charge is 0.350 e. The molecule has 1 rings (SSSR count). The van der Waals surface area contributed by atoms with Gasteiger partial charge in [0.15, 0.2) is 0 Å². The Balaban J connectivity index is 2.86. The molecule has 1 aromatic heterocycles. The Hall–Kier alpha value is -1.14. The van der Waals surface area contributed by atoms with E-state index in [0.29, 0.717) is 0 Å². The number of carbonyl (C=O) groups is 1. The van der Waals surface area contributed by atoms with Crippen LogP contribution in [0.1, 0.15) is 34.6 Å². The molecule has 0 saturated heterocycles. The Kier molecular flexibility index (Phi) is 4.58. The number of hydrogen-bond donors (Lipinski definition) is 0. The number of aromatic nitrogens is 3.